The summed E-state index contributed by atoms with van der Waals surface area (Å²) in [7, 11) is 0. The molecule has 90 valence electrons. The average Bonchev–Trinajstić information content (AvgIpc) is 2.39. The quantitative estimate of drug-likeness (QED) is 0.809. The van der Waals surface area contributed by atoms with E-state index in [1.54, 1.807) is 6.20 Å². The summed E-state index contributed by atoms with van der Waals surface area (Å²) < 4.78 is 0. The lowest BCUT2D eigenvalue weighted by Crippen LogP contribution is -2.33. The number of nitrogens with zero attached hydrogens (tertiary/aromatic N) is 2. The zero-order chi connectivity index (χ0) is 12.3. The Kier molecular flexibility index (Phi) is 3.39. The lowest BCUT2D eigenvalue weighted by molar-refractivity contribution is 0.150. The van der Waals surface area contributed by atoms with Crippen LogP contribution in [0.5, 0.6) is 0 Å². The molecule has 0 bridgehead atoms. The molecular formula is C12H14N2O3. The molecule has 1 aliphatic rings. The summed E-state index contributed by atoms with van der Waals surface area (Å²) in [6, 6.07) is 3.68. The summed E-state index contributed by atoms with van der Waals surface area (Å²) in [5.74, 6) is 0. The highest BCUT2D eigenvalue weighted by Gasteiger charge is 2.16. The number of amides is 1. The third-order valence-corrected chi connectivity index (χ3v) is 2.82. The Morgan fingerprint density at radius 1 is 1.47 bits per heavy atom. The minimum Gasteiger partial charge on any atom is -0.465 e. The van der Waals surface area contributed by atoms with Crippen molar-refractivity contribution in [2.45, 2.75) is 13.0 Å². The van der Waals surface area contributed by atoms with Gasteiger partial charge in [-0.1, -0.05) is 12.1 Å². The first-order valence-corrected chi connectivity index (χ1v) is 5.44. The standard InChI is InChI=1S/C12H14N2O3/c15-8-9-1-2-11(13-7-9)10-3-5-14(6-4-10)12(16)17/h1-3,7,15H,4-6,8H2,(H,16,17). The molecule has 0 spiro atoms. The van der Waals surface area contributed by atoms with Gasteiger partial charge in [-0.05, 0) is 23.6 Å². The molecule has 0 fully saturated rings. The van der Waals surface area contributed by atoms with Crippen LogP contribution in [0.15, 0.2) is 24.4 Å². The predicted octanol–water partition coefficient (Wildman–Crippen LogP) is 1.34. The van der Waals surface area contributed by atoms with Crippen LogP contribution >= 0.6 is 0 Å². The van der Waals surface area contributed by atoms with Gasteiger partial charge in [-0.15, -0.1) is 0 Å². The van der Waals surface area contributed by atoms with Crippen molar-refractivity contribution in [2.75, 3.05) is 13.1 Å². The van der Waals surface area contributed by atoms with Crippen LogP contribution in [0.1, 0.15) is 17.7 Å². The van der Waals surface area contributed by atoms with Gasteiger partial charge in [0.25, 0.3) is 0 Å². The predicted molar refractivity (Wildman–Crippen MR) is 62.4 cm³/mol. The number of carboxylic acid groups (broad SMARTS) is 1. The van der Waals surface area contributed by atoms with Crippen molar-refractivity contribution in [3.63, 3.8) is 0 Å². The molecule has 0 radical (unpaired) electrons. The van der Waals surface area contributed by atoms with Crippen LogP contribution in [0.4, 0.5) is 4.79 Å². The van der Waals surface area contributed by atoms with Crippen molar-refractivity contribution >= 4 is 11.7 Å². The topological polar surface area (TPSA) is 73.7 Å². The van der Waals surface area contributed by atoms with E-state index >= 15 is 0 Å². The number of carbonyl (C=O) groups is 1. The van der Waals surface area contributed by atoms with Crippen molar-refractivity contribution < 1.29 is 15.0 Å². The van der Waals surface area contributed by atoms with E-state index in [0.717, 1.165) is 16.8 Å². The second-order valence-corrected chi connectivity index (χ2v) is 3.92. The Hall–Kier alpha value is -1.88. The molecule has 1 aromatic rings. The zero-order valence-electron chi connectivity index (χ0n) is 9.33. The molecule has 5 heteroatoms. The largest absolute Gasteiger partial charge is 0.465 e. The fraction of sp³-hybridized carbons (Fsp3) is 0.333. The maximum Gasteiger partial charge on any atom is 0.407 e. The van der Waals surface area contributed by atoms with Crippen LogP contribution < -0.4 is 0 Å². The van der Waals surface area contributed by atoms with Gasteiger partial charge in [-0.25, -0.2) is 4.79 Å². The number of aliphatic hydroxyl groups excluding tert-OH is 1. The number of hydrogen-bond donors (Lipinski definition) is 2. The van der Waals surface area contributed by atoms with E-state index in [1.165, 1.54) is 4.90 Å². The molecule has 1 aliphatic heterocycles. The molecule has 5 nitrogen and oxygen atoms in total. The molecule has 0 aromatic carbocycles. The van der Waals surface area contributed by atoms with E-state index in [4.69, 9.17) is 10.2 Å². The third kappa shape index (κ3) is 2.62. The first-order valence-electron chi connectivity index (χ1n) is 5.44. The smallest absolute Gasteiger partial charge is 0.407 e. The third-order valence-electron chi connectivity index (χ3n) is 2.82. The van der Waals surface area contributed by atoms with Crippen LogP contribution in [-0.2, 0) is 6.61 Å². The summed E-state index contributed by atoms with van der Waals surface area (Å²) in [5, 5.41) is 17.7. The van der Waals surface area contributed by atoms with Gasteiger partial charge in [-0.2, -0.15) is 0 Å². The van der Waals surface area contributed by atoms with Crippen molar-refractivity contribution in [1.29, 1.82) is 0 Å². The fourth-order valence-electron chi connectivity index (χ4n) is 1.78. The normalized spacial score (nSPS) is 15.6. The molecule has 0 aliphatic carbocycles. The van der Waals surface area contributed by atoms with Crippen LogP contribution in [0, 0.1) is 0 Å². The molecule has 2 rings (SSSR count). The number of aliphatic hydroxyl groups is 1. The van der Waals surface area contributed by atoms with E-state index in [0.29, 0.717) is 19.5 Å². The van der Waals surface area contributed by atoms with Crippen molar-refractivity contribution in [1.82, 2.24) is 9.88 Å². The van der Waals surface area contributed by atoms with Gasteiger partial charge in [0.05, 0.1) is 12.3 Å². The minimum atomic E-state index is -0.885. The van der Waals surface area contributed by atoms with Crippen LogP contribution in [0.2, 0.25) is 0 Å². The van der Waals surface area contributed by atoms with E-state index in [1.807, 2.05) is 18.2 Å². The van der Waals surface area contributed by atoms with Gasteiger partial charge in [0.15, 0.2) is 0 Å². The van der Waals surface area contributed by atoms with E-state index < -0.39 is 6.09 Å². The van der Waals surface area contributed by atoms with Gasteiger partial charge < -0.3 is 15.1 Å². The van der Waals surface area contributed by atoms with E-state index in [-0.39, 0.29) is 6.61 Å². The second kappa shape index (κ2) is 4.97. The fourth-order valence-corrected chi connectivity index (χ4v) is 1.78. The van der Waals surface area contributed by atoms with Crippen LogP contribution in [-0.4, -0.2) is 39.3 Å². The Morgan fingerprint density at radius 3 is 2.76 bits per heavy atom. The van der Waals surface area contributed by atoms with Crippen molar-refractivity contribution in [3.8, 4) is 0 Å². The Labute approximate surface area is 99.0 Å². The second-order valence-electron chi connectivity index (χ2n) is 3.92. The summed E-state index contributed by atoms with van der Waals surface area (Å²) in [4.78, 5) is 16.3. The average molecular weight is 234 g/mol. The molecule has 0 saturated heterocycles. The molecule has 2 heterocycles. The molecule has 17 heavy (non-hydrogen) atoms. The summed E-state index contributed by atoms with van der Waals surface area (Å²) >= 11 is 0. The maximum absolute atomic E-state index is 10.7. The summed E-state index contributed by atoms with van der Waals surface area (Å²) in [6.45, 7) is 0.901. The zero-order valence-corrected chi connectivity index (χ0v) is 9.33. The van der Waals surface area contributed by atoms with Gasteiger partial charge in [-0.3, -0.25) is 4.98 Å². The lowest BCUT2D eigenvalue weighted by Gasteiger charge is -2.23. The number of aromatic nitrogens is 1. The molecule has 2 N–H and O–H groups in total. The highest BCUT2D eigenvalue weighted by Crippen LogP contribution is 2.20. The van der Waals surface area contributed by atoms with Crippen LogP contribution in [0.3, 0.4) is 0 Å². The Bertz CT molecular complexity index is 440. The molecule has 0 atom stereocenters. The maximum atomic E-state index is 10.7. The highest BCUT2D eigenvalue weighted by molar-refractivity contribution is 5.69. The molecule has 0 unspecified atom stereocenters. The van der Waals surface area contributed by atoms with Gasteiger partial charge in [0, 0.05) is 19.3 Å². The lowest BCUT2D eigenvalue weighted by atomic mass is 10.0. The van der Waals surface area contributed by atoms with E-state index in [2.05, 4.69) is 4.98 Å². The SMILES string of the molecule is O=C(O)N1CC=C(c2ccc(CO)cn2)CC1. The number of pyridine rings is 1. The first-order chi connectivity index (χ1) is 8.20. The van der Waals surface area contributed by atoms with E-state index in [9.17, 15) is 4.79 Å². The van der Waals surface area contributed by atoms with Gasteiger partial charge in [0.1, 0.15) is 0 Å². The molecule has 1 amide bonds. The van der Waals surface area contributed by atoms with Crippen molar-refractivity contribution in [2.24, 2.45) is 0 Å². The minimum absolute atomic E-state index is 0.0148. The molecular weight excluding hydrogens is 220 g/mol. The van der Waals surface area contributed by atoms with Gasteiger partial charge >= 0.3 is 6.09 Å². The molecule has 1 aromatic heterocycles. The summed E-state index contributed by atoms with van der Waals surface area (Å²) in [6.07, 6.45) is 3.32. The number of rotatable bonds is 2. The monoisotopic (exact) mass is 234 g/mol. The van der Waals surface area contributed by atoms with Crippen molar-refractivity contribution in [3.05, 3.63) is 35.7 Å². The van der Waals surface area contributed by atoms with Gasteiger partial charge in [0.2, 0.25) is 0 Å². The number of hydrogen-bond acceptors (Lipinski definition) is 3. The highest BCUT2D eigenvalue weighted by atomic mass is 16.4. The Balaban J connectivity index is 2.10. The Morgan fingerprint density at radius 2 is 2.29 bits per heavy atom. The molecule has 0 saturated carbocycles. The van der Waals surface area contributed by atoms with Crippen LogP contribution in [0.25, 0.3) is 5.57 Å². The summed E-state index contributed by atoms with van der Waals surface area (Å²) in [5.41, 5.74) is 2.69. The first kappa shape index (κ1) is 11.6.